The topological polar surface area (TPSA) is 153 Å². The molecule has 2 aromatic rings. The summed E-state index contributed by atoms with van der Waals surface area (Å²) >= 11 is 0. The fourth-order valence-corrected chi connectivity index (χ4v) is 1.59. The first-order chi connectivity index (χ1) is 12.9. The van der Waals surface area contributed by atoms with Gasteiger partial charge in [0.15, 0.2) is 12.0 Å². The molecule has 0 fully saturated rings. The third kappa shape index (κ3) is 6.75. The number of hydrogen-bond donors (Lipinski definition) is 4. The maximum absolute atomic E-state index is 12.6. The average molecular weight is 402 g/mol. The molecule has 10 nitrogen and oxygen atoms in total. The van der Waals surface area contributed by atoms with Crippen LogP contribution in [0.25, 0.3) is 0 Å². The average Bonchev–Trinajstić information content (AvgIpc) is 2.58. The van der Waals surface area contributed by atoms with Gasteiger partial charge in [-0.1, -0.05) is 0 Å². The number of nitrogens with one attached hydrogen (secondary N) is 3. The number of aliphatic hydroxyl groups excluding tert-OH is 1. The van der Waals surface area contributed by atoms with Crippen molar-refractivity contribution < 1.29 is 23.1 Å². The number of amides is 2. The molecule has 1 aliphatic rings. The van der Waals surface area contributed by atoms with Crippen LogP contribution in [-0.4, -0.2) is 48.9 Å². The minimum Gasteiger partial charge on any atom is -0.368 e. The van der Waals surface area contributed by atoms with Crippen LogP contribution in [0.15, 0.2) is 33.0 Å². The fraction of sp³-hybridized carbons (Fsp3) is 0.333. The number of aromatic nitrogens is 4. The highest BCUT2D eigenvalue weighted by atomic mass is 19.3. The van der Waals surface area contributed by atoms with E-state index in [0.717, 1.165) is 18.8 Å². The van der Waals surface area contributed by atoms with E-state index >= 15 is 0 Å². The van der Waals surface area contributed by atoms with E-state index in [4.69, 9.17) is 5.11 Å². The molecule has 13 heteroatoms. The molecule has 1 atom stereocenters. The molecule has 4 N–H and O–H groups in total. The third-order valence-electron chi connectivity index (χ3n) is 3.12. The minimum absolute atomic E-state index is 0.218. The number of rotatable bonds is 0. The van der Waals surface area contributed by atoms with Gasteiger partial charge in [-0.25, -0.2) is 23.8 Å². The number of carbonyl (C=O) groups is 1. The highest BCUT2D eigenvalue weighted by Crippen LogP contribution is 2.22. The van der Waals surface area contributed by atoms with Crippen LogP contribution in [0.5, 0.6) is 0 Å². The van der Waals surface area contributed by atoms with Crippen LogP contribution >= 0.6 is 0 Å². The number of aromatic amines is 2. The van der Waals surface area contributed by atoms with Crippen LogP contribution in [0.1, 0.15) is 18.3 Å². The van der Waals surface area contributed by atoms with Gasteiger partial charge in [0, 0.05) is 11.9 Å². The van der Waals surface area contributed by atoms with Crippen LogP contribution in [-0.2, 0) is 0 Å². The normalized spacial score (nSPS) is 17.2. The second-order valence-electron chi connectivity index (χ2n) is 5.39. The van der Waals surface area contributed by atoms with E-state index in [1.807, 2.05) is 6.92 Å². The first-order valence-corrected chi connectivity index (χ1v) is 7.59. The second-order valence-corrected chi connectivity index (χ2v) is 5.39. The van der Waals surface area contributed by atoms with Gasteiger partial charge in [-0.15, -0.1) is 0 Å². The predicted octanol–water partition coefficient (Wildman–Crippen LogP) is 0.420. The summed E-state index contributed by atoms with van der Waals surface area (Å²) in [5, 5.41) is 10.2. The maximum atomic E-state index is 12.6. The number of nitrogens with zero attached hydrogens (tertiary/aromatic N) is 3. The zero-order valence-electron chi connectivity index (χ0n) is 15.0. The summed E-state index contributed by atoms with van der Waals surface area (Å²) in [6.07, 6.45) is 0.218. The zero-order chi connectivity index (χ0) is 21.5. The zero-order valence-corrected chi connectivity index (χ0v) is 15.0. The molecule has 1 unspecified atom stereocenters. The number of hydrogen-bond acceptors (Lipinski definition) is 6. The third-order valence-corrected chi connectivity index (χ3v) is 3.12. The molecule has 1 aliphatic heterocycles. The Bertz CT molecular complexity index is 972. The Morgan fingerprint density at radius 2 is 1.68 bits per heavy atom. The Kier molecular flexibility index (Phi) is 7.74. The molecule has 28 heavy (non-hydrogen) atoms. The fourth-order valence-electron chi connectivity index (χ4n) is 1.59. The summed E-state index contributed by atoms with van der Waals surface area (Å²) in [5.41, 5.74) is -0.423. The SMILES string of the molecule is CC1=NC(=O)NC(O)C1(F)F.Cc1[nH]c(=O)ncc1F.Cc1ccnc(=O)[nH]1. The highest BCUT2D eigenvalue weighted by molar-refractivity contribution is 6.00. The van der Waals surface area contributed by atoms with Crippen molar-refractivity contribution in [2.24, 2.45) is 4.99 Å². The van der Waals surface area contributed by atoms with Crippen LogP contribution in [0.3, 0.4) is 0 Å². The van der Waals surface area contributed by atoms with Crippen molar-refractivity contribution in [3.63, 3.8) is 0 Å². The molecule has 2 aromatic heterocycles. The van der Waals surface area contributed by atoms with Crippen molar-refractivity contribution in [3.05, 3.63) is 56.6 Å². The van der Waals surface area contributed by atoms with Gasteiger partial charge in [0.2, 0.25) is 0 Å². The molecule has 3 heterocycles. The molecule has 0 bridgehead atoms. The van der Waals surface area contributed by atoms with Crippen molar-refractivity contribution in [1.29, 1.82) is 0 Å². The summed E-state index contributed by atoms with van der Waals surface area (Å²) in [5.74, 6) is -3.94. The lowest BCUT2D eigenvalue weighted by Gasteiger charge is -2.25. The van der Waals surface area contributed by atoms with Gasteiger partial charge in [0.1, 0.15) is 0 Å². The largest absolute Gasteiger partial charge is 0.368 e. The van der Waals surface area contributed by atoms with Crippen LogP contribution in [0.2, 0.25) is 0 Å². The molecule has 0 saturated carbocycles. The monoisotopic (exact) mass is 402 g/mol. The van der Waals surface area contributed by atoms with Gasteiger partial charge >= 0.3 is 23.3 Å². The molecular weight excluding hydrogens is 385 g/mol. The van der Waals surface area contributed by atoms with E-state index in [2.05, 4.69) is 24.9 Å². The Morgan fingerprint density at radius 3 is 2.11 bits per heavy atom. The number of aliphatic hydroxyl groups is 1. The van der Waals surface area contributed by atoms with Gasteiger partial charge < -0.3 is 20.4 Å². The molecule has 0 saturated heterocycles. The number of halogens is 3. The van der Waals surface area contributed by atoms with Gasteiger partial charge in [0.05, 0.1) is 17.6 Å². The van der Waals surface area contributed by atoms with E-state index in [9.17, 15) is 27.6 Å². The quantitative estimate of drug-likeness (QED) is 0.501. The van der Waals surface area contributed by atoms with Crippen molar-refractivity contribution in [3.8, 4) is 0 Å². The van der Waals surface area contributed by atoms with Gasteiger partial charge in [-0.2, -0.15) is 18.8 Å². The van der Waals surface area contributed by atoms with Crippen molar-refractivity contribution in [2.75, 3.05) is 0 Å². The lowest BCUT2D eigenvalue weighted by molar-refractivity contribution is -0.0667. The second kappa shape index (κ2) is 9.55. The number of urea groups is 1. The van der Waals surface area contributed by atoms with Crippen molar-refractivity contribution >= 4 is 11.7 Å². The molecule has 0 aliphatic carbocycles. The molecule has 0 radical (unpaired) electrons. The van der Waals surface area contributed by atoms with Crippen LogP contribution in [0.4, 0.5) is 18.0 Å². The van der Waals surface area contributed by atoms with Crippen LogP contribution < -0.4 is 16.7 Å². The Morgan fingerprint density at radius 1 is 1.07 bits per heavy atom. The molecule has 152 valence electrons. The minimum atomic E-state index is -3.45. The van der Waals surface area contributed by atoms with Gasteiger partial charge in [-0.05, 0) is 26.8 Å². The summed E-state index contributed by atoms with van der Waals surface area (Å²) in [6.45, 7) is 4.27. The smallest absolute Gasteiger partial charge is 0.345 e. The summed E-state index contributed by atoms with van der Waals surface area (Å²) in [4.78, 5) is 45.2. The van der Waals surface area contributed by atoms with E-state index in [0.29, 0.717) is 0 Å². The number of carbonyl (C=O) groups excluding carboxylic acids is 1. The first-order valence-electron chi connectivity index (χ1n) is 7.59. The summed E-state index contributed by atoms with van der Waals surface area (Å²) in [7, 11) is 0. The summed E-state index contributed by atoms with van der Waals surface area (Å²) in [6, 6.07) is 0.794. The molecule has 2 amide bonds. The standard InChI is InChI=1S/C5H6F2N2O2.C5H5FN2O.C5H6N2O/c1-2-5(6,7)3(10)9-4(11)8-2;1-3-4(6)2-7-5(9)8-3;1-4-2-3-6-5(8)7-4/h3,10H,1H3,(H,9,11);2H,1H3,(H,7,8,9);2-3H,1H3,(H,6,7,8). The van der Waals surface area contributed by atoms with Gasteiger partial charge in [0.25, 0.3) is 0 Å². The van der Waals surface area contributed by atoms with E-state index in [1.54, 1.807) is 11.4 Å². The van der Waals surface area contributed by atoms with E-state index in [-0.39, 0.29) is 11.4 Å². The van der Waals surface area contributed by atoms with Crippen LogP contribution in [0, 0.1) is 19.7 Å². The Labute approximate surface area is 155 Å². The molecule has 0 aromatic carbocycles. The molecule has 0 spiro atoms. The summed E-state index contributed by atoms with van der Waals surface area (Å²) < 4.78 is 37.4. The van der Waals surface area contributed by atoms with E-state index in [1.165, 1.54) is 13.1 Å². The number of aryl methyl sites for hydroxylation is 2. The van der Waals surface area contributed by atoms with Crippen molar-refractivity contribution in [2.45, 2.75) is 32.9 Å². The van der Waals surface area contributed by atoms with Gasteiger partial charge in [-0.3, -0.25) is 0 Å². The molecular formula is C15H17F3N6O4. The highest BCUT2D eigenvalue weighted by Gasteiger charge is 2.45. The Balaban J connectivity index is 0.000000213. The maximum Gasteiger partial charge on any atom is 0.345 e. The van der Waals surface area contributed by atoms with Crippen molar-refractivity contribution in [1.82, 2.24) is 25.3 Å². The lowest BCUT2D eigenvalue weighted by atomic mass is 10.2. The number of aliphatic imine (C=N–C) groups is 1. The number of H-pyrrole nitrogens is 2. The Hall–Kier alpha value is -3.35. The first kappa shape index (κ1) is 22.7. The molecule has 3 rings (SSSR count). The van der Waals surface area contributed by atoms with E-state index < -0.39 is 35.4 Å². The lowest BCUT2D eigenvalue weighted by Crippen LogP contribution is -2.54. The predicted molar refractivity (Wildman–Crippen MR) is 91.7 cm³/mol. The number of alkyl halides is 2.